The molecule has 2 aliphatic carbocycles. The molecule has 0 radical (unpaired) electrons. The molecule has 0 aliphatic heterocycles. The number of anilines is 1. The van der Waals surface area contributed by atoms with Crippen LogP contribution in [0.15, 0.2) is 24.3 Å². The molecule has 2 heterocycles. The Morgan fingerprint density at radius 2 is 2.00 bits per heavy atom. The quantitative estimate of drug-likeness (QED) is 0.531. The number of nitrogens with one attached hydrogen (secondary N) is 2. The van der Waals surface area contributed by atoms with Crippen molar-refractivity contribution in [1.82, 2.24) is 15.2 Å². The number of rotatable bonds is 5. The third kappa shape index (κ3) is 4.45. The maximum Gasteiger partial charge on any atom is 0.226 e. The first-order valence-electron chi connectivity index (χ1n) is 12.3. The Morgan fingerprint density at radius 3 is 2.76 bits per heavy atom. The third-order valence-electron chi connectivity index (χ3n) is 7.87. The number of ether oxygens (including phenoxy) is 1. The standard InChI is InChI=1S/C27H36N4O2/c1-27(2)12-11-21-24(16-27)29-30-26(21)23-14-18-7-8-19(15-22(18)28-23)31(3)25(32)13-17-5-9-20(33-4)10-6-17/h7-8,14-15,17,20,28H,5-6,9-13,16H2,1-4H3,(H,29,30). The Hall–Kier alpha value is -2.60. The minimum Gasteiger partial charge on any atom is -0.381 e. The average Bonchev–Trinajstić information content (AvgIpc) is 3.41. The number of benzene rings is 1. The Kier molecular flexibility index (Phi) is 5.81. The second-order valence-corrected chi connectivity index (χ2v) is 10.9. The van der Waals surface area contributed by atoms with Crippen LogP contribution in [0.4, 0.5) is 5.69 Å². The van der Waals surface area contributed by atoms with Crippen molar-refractivity contribution < 1.29 is 9.53 Å². The van der Waals surface area contributed by atoms with Crippen LogP contribution in [-0.4, -0.2) is 41.3 Å². The van der Waals surface area contributed by atoms with Crippen molar-refractivity contribution in [3.63, 3.8) is 0 Å². The van der Waals surface area contributed by atoms with Crippen LogP contribution >= 0.6 is 0 Å². The predicted molar refractivity (Wildman–Crippen MR) is 132 cm³/mol. The second kappa shape index (κ2) is 8.64. The zero-order valence-corrected chi connectivity index (χ0v) is 20.3. The highest BCUT2D eigenvalue weighted by atomic mass is 16.5. The summed E-state index contributed by atoms with van der Waals surface area (Å²) in [6, 6.07) is 8.40. The Labute approximate surface area is 196 Å². The van der Waals surface area contributed by atoms with Crippen LogP contribution in [0.2, 0.25) is 0 Å². The van der Waals surface area contributed by atoms with Gasteiger partial charge >= 0.3 is 0 Å². The molecule has 1 amide bonds. The molecule has 176 valence electrons. The van der Waals surface area contributed by atoms with E-state index in [2.05, 4.69) is 47.2 Å². The van der Waals surface area contributed by atoms with Gasteiger partial charge in [-0.05, 0) is 74.5 Å². The largest absolute Gasteiger partial charge is 0.381 e. The zero-order chi connectivity index (χ0) is 23.2. The minimum absolute atomic E-state index is 0.186. The van der Waals surface area contributed by atoms with E-state index in [1.165, 1.54) is 17.7 Å². The second-order valence-electron chi connectivity index (χ2n) is 10.9. The van der Waals surface area contributed by atoms with Crippen LogP contribution in [0.3, 0.4) is 0 Å². The molecule has 2 N–H and O–H groups in total. The fraction of sp³-hybridized carbons (Fsp3) is 0.556. The number of carbonyl (C=O) groups excluding carboxylic acids is 1. The lowest BCUT2D eigenvalue weighted by atomic mass is 9.76. The van der Waals surface area contributed by atoms with Gasteiger partial charge in [-0.15, -0.1) is 0 Å². The van der Waals surface area contributed by atoms with Crippen LogP contribution in [0.25, 0.3) is 22.3 Å². The van der Waals surface area contributed by atoms with Crippen molar-refractivity contribution in [2.75, 3.05) is 19.1 Å². The van der Waals surface area contributed by atoms with Crippen molar-refractivity contribution in [3.05, 3.63) is 35.5 Å². The molecule has 0 saturated heterocycles. The number of amides is 1. The molecule has 6 nitrogen and oxygen atoms in total. The molecule has 6 heteroatoms. The Balaban J connectivity index is 1.32. The highest BCUT2D eigenvalue weighted by Gasteiger charge is 2.29. The highest BCUT2D eigenvalue weighted by molar-refractivity contribution is 5.96. The summed E-state index contributed by atoms with van der Waals surface area (Å²) in [4.78, 5) is 18.3. The van der Waals surface area contributed by atoms with E-state index in [0.717, 1.165) is 66.5 Å². The summed E-state index contributed by atoms with van der Waals surface area (Å²) in [5, 5.41) is 9.08. The molecule has 0 bridgehead atoms. The van der Waals surface area contributed by atoms with Gasteiger partial charge in [0.25, 0.3) is 0 Å². The van der Waals surface area contributed by atoms with Crippen LogP contribution in [0.5, 0.6) is 0 Å². The van der Waals surface area contributed by atoms with Crippen molar-refractivity contribution >= 4 is 22.5 Å². The number of aromatic amines is 2. The number of carbonyl (C=O) groups is 1. The van der Waals surface area contributed by atoms with Crippen LogP contribution in [0.1, 0.15) is 63.6 Å². The topological polar surface area (TPSA) is 74.0 Å². The summed E-state index contributed by atoms with van der Waals surface area (Å²) >= 11 is 0. The lowest BCUT2D eigenvalue weighted by Crippen LogP contribution is -2.30. The number of fused-ring (bicyclic) bond motifs is 2. The molecule has 3 aromatic rings. The van der Waals surface area contributed by atoms with Gasteiger partial charge in [0.1, 0.15) is 5.69 Å². The van der Waals surface area contributed by atoms with Gasteiger partial charge in [-0.25, -0.2) is 0 Å². The third-order valence-corrected chi connectivity index (χ3v) is 7.87. The van der Waals surface area contributed by atoms with E-state index in [1.54, 1.807) is 12.0 Å². The van der Waals surface area contributed by atoms with Crippen LogP contribution < -0.4 is 4.90 Å². The van der Waals surface area contributed by atoms with Gasteiger partial charge in [-0.2, -0.15) is 5.10 Å². The summed E-state index contributed by atoms with van der Waals surface area (Å²) in [5.41, 5.74) is 6.99. The molecule has 1 fully saturated rings. The number of H-pyrrole nitrogens is 2. The summed E-state index contributed by atoms with van der Waals surface area (Å²) in [7, 11) is 3.67. The SMILES string of the molecule is COC1CCC(CC(=O)N(C)c2ccc3cc(-c4n[nH]c5c4CCC(C)(C)C5)[nH]c3c2)CC1. The zero-order valence-electron chi connectivity index (χ0n) is 20.3. The number of methoxy groups -OCH3 is 1. The molecule has 2 aliphatic rings. The fourth-order valence-corrected chi connectivity index (χ4v) is 5.62. The van der Waals surface area contributed by atoms with Crippen molar-refractivity contribution in [2.24, 2.45) is 11.3 Å². The van der Waals surface area contributed by atoms with Crippen molar-refractivity contribution in [2.45, 2.75) is 71.3 Å². The van der Waals surface area contributed by atoms with Gasteiger partial charge in [0.05, 0.1) is 11.8 Å². The number of hydrogen-bond donors (Lipinski definition) is 2. The lowest BCUT2D eigenvalue weighted by molar-refractivity contribution is -0.119. The molecular formula is C27H36N4O2. The number of aromatic nitrogens is 3. The van der Waals surface area contributed by atoms with Gasteiger partial charge in [-0.1, -0.05) is 19.9 Å². The van der Waals surface area contributed by atoms with E-state index in [0.29, 0.717) is 23.9 Å². The molecular weight excluding hydrogens is 412 g/mol. The van der Waals surface area contributed by atoms with E-state index in [1.807, 2.05) is 13.1 Å². The number of hydrogen-bond acceptors (Lipinski definition) is 3. The summed E-state index contributed by atoms with van der Waals surface area (Å²) < 4.78 is 5.47. The first-order chi connectivity index (χ1) is 15.8. The normalized spacial score (nSPS) is 22.3. The van der Waals surface area contributed by atoms with Gasteiger partial charge < -0.3 is 14.6 Å². The maximum absolute atomic E-state index is 13.0. The van der Waals surface area contributed by atoms with E-state index >= 15 is 0 Å². The lowest BCUT2D eigenvalue weighted by Gasteiger charge is -2.29. The highest BCUT2D eigenvalue weighted by Crippen LogP contribution is 2.38. The Bertz CT molecular complexity index is 1150. The van der Waals surface area contributed by atoms with Gasteiger partial charge in [0, 0.05) is 48.4 Å². The molecule has 2 aromatic heterocycles. The molecule has 5 rings (SSSR count). The molecule has 33 heavy (non-hydrogen) atoms. The van der Waals surface area contributed by atoms with E-state index in [-0.39, 0.29) is 5.91 Å². The first kappa shape index (κ1) is 22.2. The monoisotopic (exact) mass is 448 g/mol. The average molecular weight is 449 g/mol. The van der Waals surface area contributed by atoms with Crippen LogP contribution in [-0.2, 0) is 22.4 Å². The summed E-state index contributed by atoms with van der Waals surface area (Å²) in [5.74, 6) is 0.647. The van der Waals surface area contributed by atoms with Gasteiger partial charge in [0.15, 0.2) is 0 Å². The van der Waals surface area contributed by atoms with Gasteiger partial charge in [-0.3, -0.25) is 9.89 Å². The van der Waals surface area contributed by atoms with Crippen LogP contribution in [0, 0.1) is 11.3 Å². The summed E-state index contributed by atoms with van der Waals surface area (Å²) in [6.45, 7) is 4.65. The minimum atomic E-state index is 0.186. The van der Waals surface area contributed by atoms with Crippen molar-refractivity contribution in [1.29, 1.82) is 0 Å². The Morgan fingerprint density at radius 1 is 1.21 bits per heavy atom. The summed E-state index contributed by atoms with van der Waals surface area (Å²) in [6.07, 6.45) is 8.51. The first-order valence-corrected chi connectivity index (χ1v) is 12.3. The van der Waals surface area contributed by atoms with Gasteiger partial charge in [0.2, 0.25) is 5.91 Å². The maximum atomic E-state index is 13.0. The predicted octanol–water partition coefficient (Wildman–Crippen LogP) is 5.63. The van der Waals surface area contributed by atoms with Crippen molar-refractivity contribution in [3.8, 4) is 11.4 Å². The molecule has 0 atom stereocenters. The molecule has 0 spiro atoms. The molecule has 0 unspecified atom stereocenters. The molecule has 1 saturated carbocycles. The molecule has 1 aromatic carbocycles. The van der Waals surface area contributed by atoms with E-state index in [9.17, 15) is 4.79 Å². The number of nitrogens with zero attached hydrogens (tertiary/aromatic N) is 2. The van der Waals surface area contributed by atoms with E-state index in [4.69, 9.17) is 4.74 Å². The fourth-order valence-electron chi connectivity index (χ4n) is 5.62. The van der Waals surface area contributed by atoms with E-state index < -0.39 is 0 Å². The smallest absolute Gasteiger partial charge is 0.226 e.